The summed E-state index contributed by atoms with van der Waals surface area (Å²) in [6.45, 7) is 10.9. The number of rotatable bonds is 4. The molecule has 182 valence electrons. The normalized spacial score (nSPS) is 50.0. The van der Waals surface area contributed by atoms with Crippen LogP contribution < -0.4 is 0 Å². The Morgan fingerprint density at radius 3 is 2.53 bits per heavy atom. The van der Waals surface area contributed by atoms with Crippen molar-refractivity contribution in [1.82, 2.24) is 0 Å². The summed E-state index contributed by atoms with van der Waals surface area (Å²) in [7, 11) is 0. The van der Waals surface area contributed by atoms with E-state index in [4.69, 9.17) is 14.2 Å². The fourth-order valence-electron chi connectivity index (χ4n) is 8.12. The van der Waals surface area contributed by atoms with Crippen molar-refractivity contribution in [3.63, 3.8) is 0 Å². The number of ether oxygens (including phenoxy) is 3. The summed E-state index contributed by atoms with van der Waals surface area (Å²) in [6.07, 6.45) is 6.62. The first-order chi connectivity index (χ1) is 14.9. The summed E-state index contributed by atoms with van der Waals surface area (Å²) in [5, 5.41) is 21.1. The molecule has 32 heavy (non-hydrogen) atoms. The topological polar surface area (TPSA) is 85.2 Å². The Kier molecular flexibility index (Phi) is 5.34. The molecule has 1 spiro atoms. The minimum absolute atomic E-state index is 0.0142. The van der Waals surface area contributed by atoms with Crippen LogP contribution in [0.5, 0.6) is 0 Å². The van der Waals surface area contributed by atoms with Gasteiger partial charge in [0.05, 0.1) is 23.2 Å². The van der Waals surface area contributed by atoms with Crippen LogP contribution in [0.2, 0.25) is 0 Å². The lowest BCUT2D eigenvalue weighted by atomic mass is 9.53. The summed E-state index contributed by atoms with van der Waals surface area (Å²) >= 11 is 0. The molecule has 0 amide bonds. The fourth-order valence-corrected chi connectivity index (χ4v) is 8.12. The van der Waals surface area contributed by atoms with E-state index in [1.807, 2.05) is 0 Å². The van der Waals surface area contributed by atoms with E-state index in [0.717, 1.165) is 57.8 Å². The lowest BCUT2D eigenvalue weighted by molar-refractivity contribution is -0.274. The average molecular weight is 451 g/mol. The molecule has 3 aliphatic carbocycles. The van der Waals surface area contributed by atoms with E-state index in [0.29, 0.717) is 5.92 Å². The van der Waals surface area contributed by atoms with Crippen molar-refractivity contribution in [1.29, 1.82) is 0 Å². The van der Waals surface area contributed by atoms with Crippen LogP contribution in [0, 0.1) is 28.6 Å². The summed E-state index contributed by atoms with van der Waals surface area (Å²) < 4.78 is 19.9. The van der Waals surface area contributed by atoms with Gasteiger partial charge in [0, 0.05) is 11.8 Å². The molecule has 3 saturated carbocycles. The van der Waals surface area contributed by atoms with Crippen molar-refractivity contribution in [2.75, 3.05) is 0 Å². The van der Waals surface area contributed by atoms with E-state index in [-0.39, 0.29) is 35.6 Å². The predicted molar refractivity (Wildman–Crippen MR) is 119 cm³/mol. The van der Waals surface area contributed by atoms with Crippen molar-refractivity contribution in [2.24, 2.45) is 28.6 Å². The first-order valence-electron chi connectivity index (χ1n) is 12.9. The molecule has 0 radical (unpaired) electrons. The third kappa shape index (κ3) is 3.30. The maximum absolute atomic E-state index is 12.5. The molecular weight excluding hydrogens is 408 g/mol. The standard InChI is InChI=1S/C26H42O6/c1-15-13-19-21(32-26(31-19)16(15)8-9-20(26)27)24(4,5)30-18-7-6-10-25(22(28)29)12-11-23(2,3)14-17(18)25/h15-21,27H,6-14H2,1-5H3,(H,28,29). The number of fused-ring (bicyclic) bond motifs is 2. The zero-order chi connectivity index (χ0) is 23.1. The van der Waals surface area contributed by atoms with Gasteiger partial charge in [-0.15, -0.1) is 0 Å². The Hall–Kier alpha value is -0.690. The number of carboxylic acid groups (broad SMARTS) is 1. The van der Waals surface area contributed by atoms with E-state index in [1.54, 1.807) is 0 Å². The fraction of sp³-hybridized carbons (Fsp3) is 0.962. The van der Waals surface area contributed by atoms with Gasteiger partial charge in [0.15, 0.2) is 5.79 Å². The molecule has 2 aliphatic heterocycles. The second kappa shape index (κ2) is 7.40. The predicted octanol–water partition coefficient (Wildman–Crippen LogP) is 4.52. The molecule has 9 unspecified atom stereocenters. The zero-order valence-electron chi connectivity index (χ0n) is 20.4. The number of hydrogen-bond donors (Lipinski definition) is 2. The zero-order valence-corrected chi connectivity index (χ0v) is 20.4. The van der Waals surface area contributed by atoms with E-state index in [9.17, 15) is 15.0 Å². The molecular formula is C26H42O6. The van der Waals surface area contributed by atoms with Crippen LogP contribution in [0.1, 0.15) is 92.4 Å². The molecule has 5 aliphatic rings. The number of hydrogen-bond acceptors (Lipinski definition) is 5. The molecule has 2 saturated heterocycles. The van der Waals surface area contributed by atoms with Gasteiger partial charge in [0.25, 0.3) is 0 Å². The third-order valence-electron chi connectivity index (χ3n) is 9.86. The van der Waals surface area contributed by atoms with Gasteiger partial charge < -0.3 is 24.4 Å². The highest BCUT2D eigenvalue weighted by molar-refractivity contribution is 5.75. The Balaban J connectivity index is 1.40. The van der Waals surface area contributed by atoms with Gasteiger partial charge in [-0.3, -0.25) is 4.79 Å². The van der Waals surface area contributed by atoms with Gasteiger partial charge in [-0.1, -0.05) is 20.8 Å². The number of aliphatic hydroxyl groups excluding tert-OH is 1. The summed E-state index contributed by atoms with van der Waals surface area (Å²) in [5.74, 6) is -0.855. The van der Waals surface area contributed by atoms with Gasteiger partial charge in [-0.05, 0) is 83.0 Å². The minimum Gasteiger partial charge on any atom is -0.481 e. The number of carbonyl (C=O) groups is 1. The van der Waals surface area contributed by atoms with E-state index in [1.165, 1.54) is 0 Å². The SMILES string of the molecule is CC1CC2OC3(OC2C(C)(C)OC2CCCC4(C(=O)O)CCC(C)(C)CC24)C(O)CCC13. The average Bonchev–Trinajstić information content (AvgIpc) is 3.20. The number of aliphatic hydroxyl groups is 1. The maximum Gasteiger partial charge on any atom is 0.310 e. The molecule has 6 heteroatoms. The molecule has 9 atom stereocenters. The first kappa shape index (κ1) is 23.1. The van der Waals surface area contributed by atoms with Crippen LogP contribution in [0.4, 0.5) is 0 Å². The molecule has 0 aromatic heterocycles. The second-order valence-corrected chi connectivity index (χ2v) is 12.9. The van der Waals surface area contributed by atoms with Crippen molar-refractivity contribution >= 4 is 5.97 Å². The van der Waals surface area contributed by atoms with Gasteiger partial charge in [0.2, 0.25) is 0 Å². The molecule has 2 bridgehead atoms. The highest BCUT2D eigenvalue weighted by atomic mass is 16.8. The highest BCUT2D eigenvalue weighted by Gasteiger charge is 2.67. The minimum atomic E-state index is -0.891. The van der Waals surface area contributed by atoms with E-state index in [2.05, 4.69) is 34.6 Å². The van der Waals surface area contributed by atoms with Crippen molar-refractivity contribution in [2.45, 2.75) is 128 Å². The lowest BCUT2D eigenvalue weighted by Gasteiger charge is -2.54. The Labute approximate surface area is 192 Å². The Morgan fingerprint density at radius 1 is 1.06 bits per heavy atom. The van der Waals surface area contributed by atoms with Gasteiger partial charge in [-0.25, -0.2) is 0 Å². The molecule has 0 aromatic carbocycles. The van der Waals surface area contributed by atoms with Crippen molar-refractivity contribution in [3.8, 4) is 0 Å². The third-order valence-corrected chi connectivity index (χ3v) is 9.86. The van der Waals surface area contributed by atoms with Gasteiger partial charge in [-0.2, -0.15) is 0 Å². The molecule has 5 rings (SSSR count). The molecule has 6 nitrogen and oxygen atoms in total. The largest absolute Gasteiger partial charge is 0.481 e. The van der Waals surface area contributed by atoms with E-state index >= 15 is 0 Å². The van der Waals surface area contributed by atoms with Crippen molar-refractivity contribution < 1.29 is 29.2 Å². The molecule has 2 N–H and O–H groups in total. The molecule has 2 heterocycles. The lowest BCUT2D eigenvalue weighted by Crippen LogP contribution is -2.56. The smallest absolute Gasteiger partial charge is 0.310 e. The van der Waals surface area contributed by atoms with Gasteiger partial charge in [0.1, 0.15) is 12.2 Å². The Morgan fingerprint density at radius 2 is 1.81 bits per heavy atom. The first-order valence-corrected chi connectivity index (χ1v) is 12.9. The summed E-state index contributed by atoms with van der Waals surface area (Å²) in [4.78, 5) is 12.5. The van der Waals surface area contributed by atoms with Crippen LogP contribution in [0.25, 0.3) is 0 Å². The van der Waals surface area contributed by atoms with Crippen LogP contribution in [-0.2, 0) is 19.0 Å². The quantitative estimate of drug-likeness (QED) is 0.655. The van der Waals surface area contributed by atoms with Crippen molar-refractivity contribution in [3.05, 3.63) is 0 Å². The molecule has 5 fully saturated rings. The van der Waals surface area contributed by atoms with Crippen LogP contribution in [0.3, 0.4) is 0 Å². The van der Waals surface area contributed by atoms with Crippen LogP contribution in [0.15, 0.2) is 0 Å². The van der Waals surface area contributed by atoms with Crippen LogP contribution >= 0.6 is 0 Å². The second-order valence-electron chi connectivity index (χ2n) is 12.9. The monoisotopic (exact) mass is 450 g/mol. The summed E-state index contributed by atoms with van der Waals surface area (Å²) in [5.41, 5.74) is -1.16. The molecule has 0 aromatic rings. The maximum atomic E-state index is 12.5. The Bertz CT molecular complexity index is 763. The number of carboxylic acids is 1. The number of aliphatic carboxylic acids is 1. The highest BCUT2D eigenvalue weighted by Crippen LogP contribution is 2.59. The van der Waals surface area contributed by atoms with Gasteiger partial charge >= 0.3 is 5.97 Å². The van der Waals surface area contributed by atoms with E-state index < -0.39 is 28.9 Å². The van der Waals surface area contributed by atoms with Crippen LogP contribution in [-0.4, -0.2) is 52.0 Å². The summed E-state index contributed by atoms with van der Waals surface area (Å²) in [6, 6.07) is 0.